The molecule has 24 heavy (non-hydrogen) atoms. The molecule has 0 atom stereocenters. The molecule has 0 unspecified atom stereocenters. The fourth-order valence-corrected chi connectivity index (χ4v) is 4.69. The average Bonchev–Trinajstić information content (AvgIpc) is 3.05. The third kappa shape index (κ3) is 4.10. The number of rotatable bonds is 6. The Labute approximate surface area is 145 Å². The number of sulfonamides is 1. The van der Waals surface area contributed by atoms with Gasteiger partial charge in [0.2, 0.25) is 15.2 Å². The molecule has 130 valence electrons. The molecule has 0 radical (unpaired) electrons. The maximum atomic E-state index is 12.4. The van der Waals surface area contributed by atoms with Crippen molar-refractivity contribution in [2.45, 2.75) is 30.4 Å². The molecule has 7 nitrogen and oxygen atoms in total. The van der Waals surface area contributed by atoms with Crippen molar-refractivity contribution in [3.63, 3.8) is 0 Å². The minimum atomic E-state index is -3.46. The van der Waals surface area contributed by atoms with Crippen LogP contribution in [0.5, 0.6) is 0 Å². The molecule has 1 aliphatic rings. The molecule has 1 aromatic heterocycles. The fraction of sp³-hybridized carbons (Fsp3) is 0.467. The highest BCUT2D eigenvalue weighted by molar-refractivity contribution is 7.89. The molecule has 2 heterocycles. The van der Waals surface area contributed by atoms with Crippen LogP contribution in [0, 0.1) is 0 Å². The van der Waals surface area contributed by atoms with Gasteiger partial charge in [0.25, 0.3) is 0 Å². The Hall–Kier alpha value is -1.55. The predicted octanol–water partition coefficient (Wildman–Crippen LogP) is 1.63. The summed E-state index contributed by atoms with van der Waals surface area (Å²) in [5, 5.41) is 0.867. The van der Waals surface area contributed by atoms with Crippen LogP contribution in [0.2, 0.25) is 0 Å². The smallest absolute Gasteiger partial charge is 0.240 e. The first-order valence-corrected chi connectivity index (χ1v) is 9.98. The summed E-state index contributed by atoms with van der Waals surface area (Å²) >= 11 is 1.35. The number of benzene rings is 1. The molecule has 0 bridgehead atoms. The van der Waals surface area contributed by atoms with Crippen molar-refractivity contribution in [2.75, 3.05) is 25.1 Å². The zero-order valence-electron chi connectivity index (χ0n) is 13.4. The van der Waals surface area contributed by atoms with Crippen LogP contribution in [0.3, 0.4) is 0 Å². The van der Waals surface area contributed by atoms with E-state index in [1.165, 1.54) is 11.5 Å². The summed E-state index contributed by atoms with van der Waals surface area (Å²) < 4.78 is 36.8. The van der Waals surface area contributed by atoms with E-state index < -0.39 is 10.0 Å². The highest BCUT2D eigenvalue weighted by Crippen LogP contribution is 2.23. The van der Waals surface area contributed by atoms with Gasteiger partial charge in [-0.05, 0) is 25.0 Å². The van der Waals surface area contributed by atoms with Crippen molar-refractivity contribution < 1.29 is 13.2 Å². The molecule has 1 aliphatic heterocycles. The Morgan fingerprint density at radius 1 is 1.29 bits per heavy atom. The molecule has 0 spiro atoms. The monoisotopic (exact) mass is 368 g/mol. The molecule has 3 rings (SSSR count). The summed E-state index contributed by atoms with van der Waals surface area (Å²) in [4.78, 5) is 6.89. The van der Waals surface area contributed by atoms with Crippen molar-refractivity contribution in [3.05, 3.63) is 36.2 Å². The first kappa shape index (κ1) is 17.3. The molecular weight excluding hydrogens is 348 g/mol. The van der Waals surface area contributed by atoms with Crippen LogP contribution in [0.4, 0.5) is 5.13 Å². The van der Waals surface area contributed by atoms with E-state index >= 15 is 0 Å². The number of anilines is 1. The maximum absolute atomic E-state index is 12.4. The van der Waals surface area contributed by atoms with Gasteiger partial charge in [0.1, 0.15) is 6.61 Å². The van der Waals surface area contributed by atoms with Crippen molar-refractivity contribution >= 4 is 26.7 Å². The molecular formula is C15H20N4O3S2. The van der Waals surface area contributed by atoms with Gasteiger partial charge in [-0.25, -0.2) is 18.1 Å². The molecule has 0 saturated carbocycles. The van der Waals surface area contributed by atoms with E-state index in [1.54, 1.807) is 37.4 Å². The first-order valence-electron chi connectivity index (χ1n) is 7.72. The van der Waals surface area contributed by atoms with Gasteiger partial charge in [-0.2, -0.15) is 4.37 Å². The summed E-state index contributed by atoms with van der Waals surface area (Å²) in [6.07, 6.45) is 1.48. The third-order valence-electron chi connectivity index (χ3n) is 3.87. The number of ether oxygens (including phenoxy) is 1. The predicted molar refractivity (Wildman–Crippen MR) is 92.6 cm³/mol. The lowest BCUT2D eigenvalue weighted by Crippen LogP contribution is -2.44. The van der Waals surface area contributed by atoms with Gasteiger partial charge in [0, 0.05) is 37.8 Å². The van der Waals surface area contributed by atoms with E-state index in [0.717, 1.165) is 31.1 Å². The summed E-state index contributed by atoms with van der Waals surface area (Å²) in [6.45, 7) is 1.91. The van der Waals surface area contributed by atoms with Gasteiger partial charge >= 0.3 is 0 Å². The second-order valence-electron chi connectivity index (χ2n) is 5.62. The lowest BCUT2D eigenvalue weighted by molar-refractivity contribution is 0.179. The second kappa shape index (κ2) is 7.56. The molecule has 1 saturated heterocycles. The Balaban J connectivity index is 1.57. The molecule has 1 N–H and O–H groups in total. The summed E-state index contributed by atoms with van der Waals surface area (Å²) in [7, 11) is -1.84. The largest absolute Gasteiger partial charge is 0.377 e. The Morgan fingerprint density at radius 2 is 2.00 bits per heavy atom. The third-order valence-corrected chi connectivity index (χ3v) is 6.22. The van der Waals surface area contributed by atoms with Crippen LogP contribution in [0.15, 0.2) is 35.2 Å². The van der Waals surface area contributed by atoms with Gasteiger partial charge in [-0.3, -0.25) is 0 Å². The lowest BCUT2D eigenvalue weighted by atomic mass is 10.1. The van der Waals surface area contributed by atoms with Gasteiger partial charge < -0.3 is 9.64 Å². The summed E-state index contributed by atoms with van der Waals surface area (Å²) in [5.41, 5.74) is 0. The van der Waals surface area contributed by atoms with E-state index in [0.29, 0.717) is 17.3 Å². The Morgan fingerprint density at radius 3 is 2.67 bits per heavy atom. The van der Waals surface area contributed by atoms with Crippen LogP contribution in [0.1, 0.15) is 18.7 Å². The van der Waals surface area contributed by atoms with Crippen LogP contribution in [-0.4, -0.2) is 44.0 Å². The summed E-state index contributed by atoms with van der Waals surface area (Å²) in [5.74, 6) is 0.685. The maximum Gasteiger partial charge on any atom is 0.240 e. The second-order valence-corrected chi connectivity index (χ2v) is 8.07. The number of methoxy groups -OCH3 is 1. The topological polar surface area (TPSA) is 84.4 Å². The Bertz CT molecular complexity index is 756. The lowest BCUT2D eigenvalue weighted by Gasteiger charge is -2.31. The Kier molecular flexibility index (Phi) is 5.44. The van der Waals surface area contributed by atoms with E-state index in [4.69, 9.17) is 4.74 Å². The number of aromatic nitrogens is 2. The molecule has 1 fully saturated rings. The van der Waals surface area contributed by atoms with Gasteiger partial charge in [-0.1, -0.05) is 18.2 Å². The zero-order valence-corrected chi connectivity index (χ0v) is 15.0. The normalized spacial score (nSPS) is 16.5. The van der Waals surface area contributed by atoms with Crippen molar-refractivity contribution in [1.29, 1.82) is 0 Å². The van der Waals surface area contributed by atoms with Crippen LogP contribution >= 0.6 is 11.5 Å². The number of piperidine rings is 1. The zero-order chi connectivity index (χ0) is 17.0. The van der Waals surface area contributed by atoms with Crippen molar-refractivity contribution in [1.82, 2.24) is 14.1 Å². The number of nitrogens with one attached hydrogen (secondary N) is 1. The molecule has 2 aromatic rings. The molecule has 0 amide bonds. The SMILES string of the molecule is COCc1nsc(N2CCC(NS(=O)(=O)c3ccccc3)CC2)n1. The molecule has 9 heteroatoms. The molecule has 1 aromatic carbocycles. The fourth-order valence-electron chi connectivity index (χ4n) is 2.64. The number of nitrogens with zero attached hydrogens (tertiary/aromatic N) is 3. The minimum absolute atomic E-state index is 0.0576. The van der Waals surface area contributed by atoms with Gasteiger partial charge in [0.05, 0.1) is 4.90 Å². The quantitative estimate of drug-likeness (QED) is 0.834. The van der Waals surface area contributed by atoms with Gasteiger partial charge in [0.15, 0.2) is 5.82 Å². The average molecular weight is 368 g/mol. The van der Waals surface area contributed by atoms with Gasteiger partial charge in [-0.15, -0.1) is 0 Å². The number of hydrogen-bond acceptors (Lipinski definition) is 7. The summed E-state index contributed by atoms with van der Waals surface area (Å²) in [6, 6.07) is 8.41. The van der Waals surface area contributed by atoms with Crippen LogP contribution in [-0.2, 0) is 21.4 Å². The highest BCUT2D eigenvalue weighted by atomic mass is 32.2. The van der Waals surface area contributed by atoms with Crippen molar-refractivity contribution in [3.8, 4) is 0 Å². The van der Waals surface area contributed by atoms with Crippen LogP contribution < -0.4 is 9.62 Å². The van der Waals surface area contributed by atoms with Crippen LogP contribution in [0.25, 0.3) is 0 Å². The van der Waals surface area contributed by atoms with Crippen molar-refractivity contribution in [2.24, 2.45) is 0 Å². The molecule has 0 aliphatic carbocycles. The van der Waals surface area contributed by atoms with E-state index in [9.17, 15) is 8.42 Å². The van der Waals surface area contributed by atoms with E-state index in [1.807, 2.05) is 0 Å². The first-order chi connectivity index (χ1) is 11.6. The van der Waals surface area contributed by atoms with E-state index in [2.05, 4.69) is 19.0 Å². The standard InChI is InChI=1S/C15H20N4O3S2/c1-22-11-14-16-15(23-17-14)19-9-7-12(8-10-19)18-24(20,21)13-5-3-2-4-6-13/h2-6,12,18H,7-11H2,1H3. The highest BCUT2D eigenvalue weighted by Gasteiger charge is 2.26. The van der Waals surface area contributed by atoms with E-state index in [-0.39, 0.29) is 6.04 Å². The number of hydrogen-bond donors (Lipinski definition) is 1. The minimum Gasteiger partial charge on any atom is -0.377 e.